The van der Waals surface area contributed by atoms with Crippen LogP contribution in [0.15, 0.2) is 32.0 Å². The average molecular weight is 282 g/mol. The zero-order chi connectivity index (χ0) is 13.6. The Morgan fingerprint density at radius 3 is 2.74 bits per heavy atom. The molecular weight excluding hydrogens is 272 g/mol. The molecule has 4 atom stereocenters. The number of aliphatic hydroxyl groups excluding tert-OH is 3. The minimum Gasteiger partial charge on any atom is -0.394 e. The van der Waals surface area contributed by atoms with E-state index in [0.717, 1.165) is 0 Å². The van der Waals surface area contributed by atoms with Crippen molar-refractivity contribution in [2.45, 2.75) is 24.4 Å². The first kappa shape index (κ1) is 12.6. The summed E-state index contributed by atoms with van der Waals surface area (Å²) in [5, 5.41) is 36.1. The Morgan fingerprint density at radius 1 is 1.26 bits per heavy atom. The van der Waals surface area contributed by atoms with Crippen molar-refractivity contribution in [2.75, 3.05) is 6.61 Å². The smallest absolute Gasteiger partial charge is 0.188 e. The number of amidine groups is 2. The highest BCUT2D eigenvalue weighted by Crippen LogP contribution is 2.26. The van der Waals surface area contributed by atoms with Crippen molar-refractivity contribution in [2.24, 2.45) is 20.2 Å². The lowest BCUT2D eigenvalue weighted by Crippen LogP contribution is -2.37. The standard InChI is InChI=1S/C10H10N4O4S/c15-2-4-5(16)6(17)7(18-4)9-12-8-3(1-11-14-8)10(19)13-9/h1,4-7,15-17H,2H2/t4-,5-,6-,7?/m1/s1. The van der Waals surface area contributed by atoms with Gasteiger partial charge in [0.05, 0.1) is 18.4 Å². The maximum absolute atomic E-state index is 9.89. The van der Waals surface area contributed by atoms with Crippen LogP contribution in [0, 0.1) is 0 Å². The first-order valence-electron chi connectivity index (χ1n) is 5.57. The van der Waals surface area contributed by atoms with Crippen molar-refractivity contribution in [3.05, 3.63) is 11.8 Å². The molecule has 3 rings (SSSR count). The largest absolute Gasteiger partial charge is 0.394 e. The molecule has 1 fully saturated rings. The van der Waals surface area contributed by atoms with Gasteiger partial charge in [0, 0.05) is 0 Å². The van der Waals surface area contributed by atoms with Gasteiger partial charge in [-0.3, -0.25) is 0 Å². The van der Waals surface area contributed by atoms with E-state index in [2.05, 4.69) is 20.2 Å². The van der Waals surface area contributed by atoms with Gasteiger partial charge in [0.15, 0.2) is 11.7 Å². The van der Waals surface area contributed by atoms with Crippen LogP contribution in [0.2, 0.25) is 0 Å². The first-order valence-corrected chi connectivity index (χ1v) is 5.98. The highest BCUT2D eigenvalue weighted by Gasteiger charge is 2.46. The number of aliphatic hydroxyl groups is 3. The van der Waals surface area contributed by atoms with E-state index < -0.39 is 31.0 Å². The monoisotopic (exact) mass is 282 g/mol. The minimum atomic E-state index is -1.23. The van der Waals surface area contributed by atoms with Gasteiger partial charge in [0.1, 0.15) is 29.4 Å². The fraction of sp³-hybridized carbons (Fsp3) is 0.500. The second-order valence-electron chi connectivity index (χ2n) is 4.23. The summed E-state index contributed by atoms with van der Waals surface area (Å²) in [6, 6.07) is 0. The van der Waals surface area contributed by atoms with E-state index in [9.17, 15) is 10.2 Å². The summed E-state index contributed by atoms with van der Waals surface area (Å²) in [5.74, 6) is 0.438. The van der Waals surface area contributed by atoms with Crippen molar-refractivity contribution >= 4 is 28.9 Å². The molecule has 0 amide bonds. The molecule has 3 aliphatic heterocycles. The van der Waals surface area contributed by atoms with E-state index >= 15 is 0 Å². The van der Waals surface area contributed by atoms with E-state index in [1.54, 1.807) is 0 Å². The molecule has 0 bridgehead atoms. The Kier molecular flexibility index (Phi) is 3.07. The lowest BCUT2D eigenvalue weighted by atomic mass is 10.1. The Morgan fingerprint density at radius 2 is 2.05 bits per heavy atom. The van der Waals surface area contributed by atoms with Crippen molar-refractivity contribution < 1.29 is 20.1 Å². The Hall–Kier alpha value is -1.39. The van der Waals surface area contributed by atoms with Crippen LogP contribution in [0.4, 0.5) is 0 Å². The predicted molar refractivity (Wildman–Crippen MR) is 68.2 cm³/mol. The van der Waals surface area contributed by atoms with E-state index in [1.807, 2.05) is 0 Å². The molecule has 0 spiro atoms. The molecule has 3 N–H and O–H groups in total. The minimum absolute atomic E-state index is 0.125. The van der Waals surface area contributed by atoms with Crippen LogP contribution in [0.5, 0.6) is 0 Å². The lowest BCUT2D eigenvalue weighted by Gasteiger charge is -2.17. The Bertz CT molecular complexity index is 556. The zero-order valence-electron chi connectivity index (χ0n) is 9.54. The van der Waals surface area contributed by atoms with Gasteiger partial charge < -0.3 is 20.1 Å². The molecule has 19 heavy (non-hydrogen) atoms. The molecule has 0 aliphatic carbocycles. The van der Waals surface area contributed by atoms with Crippen molar-refractivity contribution in [1.82, 2.24) is 0 Å². The maximum Gasteiger partial charge on any atom is 0.188 e. The van der Waals surface area contributed by atoms with E-state index in [-0.39, 0.29) is 10.8 Å². The zero-order valence-corrected chi connectivity index (χ0v) is 10.4. The van der Waals surface area contributed by atoms with Crippen LogP contribution in [0.25, 0.3) is 0 Å². The van der Waals surface area contributed by atoms with Crippen molar-refractivity contribution in [3.63, 3.8) is 0 Å². The second kappa shape index (κ2) is 4.62. The Labute approximate surface area is 112 Å². The summed E-state index contributed by atoms with van der Waals surface area (Å²) >= 11 is 5.08. The molecule has 100 valence electrons. The fourth-order valence-corrected chi connectivity index (χ4v) is 2.26. The molecule has 0 aromatic rings. The maximum atomic E-state index is 9.89. The van der Waals surface area contributed by atoms with Gasteiger partial charge in [-0.05, 0) is 0 Å². The van der Waals surface area contributed by atoms with Gasteiger partial charge in [-0.1, -0.05) is 12.2 Å². The molecular formula is C10H10N4O4S. The molecule has 1 unspecified atom stereocenters. The van der Waals surface area contributed by atoms with Crippen LogP contribution in [-0.4, -0.2) is 63.0 Å². The number of azo groups is 1. The summed E-state index contributed by atoms with van der Waals surface area (Å²) in [6.07, 6.45) is -2.80. The Balaban J connectivity index is 1.90. The normalized spacial score (nSPS) is 37.0. The van der Waals surface area contributed by atoms with Crippen LogP contribution in [-0.2, 0) is 4.74 Å². The van der Waals surface area contributed by atoms with Gasteiger partial charge in [-0.15, -0.1) is 5.11 Å². The number of aliphatic imine (C=N–C) groups is 2. The third-order valence-electron chi connectivity index (χ3n) is 3.04. The van der Waals surface area contributed by atoms with E-state index in [4.69, 9.17) is 22.1 Å². The van der Waals surface area contributed by atoms with Crippen molar-refractivity contribution in [3.8, 4) is 0 Å². The summed E-state index contributed by atoms with van der Waals surface area (Å²) in [6.45, 7) is -0.409. The topological polar surface area (TPSA) is 119 Å². The number of fused-ring (bicyclic) bond motifs is 1. The van der Waals surface area contributed by atoms with Crippen LogP contribution in [0.1, 0.15) is 0 Å². The summed E-state index contributed by atoms with van der Waals surface area (Å²) < 4.78 is 5.33. The SMILES string of the molecule is OC[C@H]1OC(C2=NC(=S)C3=CN=NC3=N2)[C@H](O)[C@@H]1O. The number of thiocarbonyl (C=S) groups is 1. The van der Waals surface area contributed by atoms with Crippen LogP contribution in [0.3, 0.4) is 0 Å². The predicted octanol–water partition coefficient (Wildman–Crippen LogP) is -1.04. The van der Waals surface area contributed by atoms with Crippen LogP contribution < -0.4 is 0 Å². The van der Waals surface area contributed by atoms with Gasteiger partial charge in [-0.25, -0.2) is 9.98 Å². The molecule has 9 heteroatoms. The molecule has 1 saturated heterocycles. The highest BCUT2D eigenvalue weighted by atomic mass is 32.1. The van der Waals surface area contributed by atoms with Crippen LogP contribution >= 0.6 is 12.2 Å². The number of ether oxygens (including phenoxy) is 1. The summed E-state index contributed by atoms with van der Waals surface area (Å²) in [7, 11) is 0. The number of nitrogens with zero attached hydrogens (tertiary/aromatic N) is 4. The molecule has 3 aliphatic rings. The average Bonchev–Trinajstić information content (AvgIpc) is 2.96. The lowest BCUT2D eigenvalue weighted by molar-refractivity contribution is -0.0101. The molecule has 8 nitrogen and oxygen atoms in total. The first-order chi connectivity index (χ1) is 9.11. The quantitative estimate of drug-likeness (QED) is 0.559. The molecule has 0 aromatic carbocycles. The summed E-state index contributed by atoms with van der Waals surface area (Å²) in [4.78, 5) is 8.41. The number of hydrogen-bond donors (Lipinski definition) is 3. The van der Waals surface area contributed by atoms with E-state index in [1.165, 1.54) is 6.20 Å². The third-order valence-corrected chi connectivity index (χ3v) is 3.36. The fourth-order valence-electron chi connectivity index (χ4n) is 2.02. The molecule has 0 radical (unpaired) electrons. The number of rotatable bonds is 2. The molecule has 0 saturated carbocycles. The summed E-state index contributed by atoms with van der Waals surface area (Å²) in [5.41, 5.74) is 0.547. The number of hydrogen-bond acceptors (Lipinski definition) is 8. The van der Waals surface area contributed by atoms with E-state index in [0.29, 0.717) is 11.4 Å². The molecule has 0 aromatic heterocycles. The molecule has 3 heterocycles. The van der Waals surface area contributed by atoms with Gasteiger partial charge in [0.25, 0.3) is 0 Å². The van der Waals surface area contributed by atoms with Gasteiger partial charge in [-0.2, -0.15) is 5.11 Å². The highest BCUT2D eigenvalue weighted by molar-refractivity contribution is 7.81. The van der Waals surface area contributed by atoms with Gasteiger partial charge >= 0.3 is 0 Å². The van der Waals surface area contributed by atoms with Gasteiger partial charge in [0.2, 0.25) is 0 Å². The second-order valence-corrected chi connectivity index (χ2v) is 4.61. The third kappa shape index (κ3) is 1.95. The van der Waals surface area contributed by atoms with Crippen molar-refractivity contribution in [1.29, 1.82) is 0 Å².